The minimum Gasteiger partial charge on any atom is -0.454 e. The zero-order valence-electron chi connectivity index (χ0n) is 17.1. The summed E-state index contributed by atoms with van der Waals surface area (Å²) in [7, 11) is 0. The van der Waals surface area contributed by atoms with Gasteiger partial charge in [0.25, 0.3) is 5.69 Å². The topological polar surface area (TPSA) is 89.8 Å². The molecule has 1 aliphatic rings. The number of ketones is 1. The fraction of sp³-hybridized carbons (Fsp3) is 0.364. The average Bonchev–Trinajstić information content (AvgIpc) is 2.72. The van der Waals surface area contributed by atoms with Gasteiger partial charge >= 0.3 is 5.97 Å². The molecule has 9 heteroatoms. The molecule has 164 valence electrons. The Morgan fingerprint density at radius 3 is 2.45 bits per heavy atom. The van der Waals surface area contributed by atoms with Crippen molar-refractivity contribution >= 4 is 46.3 Å². The summed E-state index contributed by atoms with van der Waals surface area (Å²) in [6.07, 6.45) is 1.07. The third-order valence-electron chi connectivity index (χ3n) is 5.18. The van der Waals surface area contributed by atoms with Crippen molar-refractivity contribution in [3.63, 3.8) is 0 Å². The minimum absolute atomic E-state index is 0.00134. The lowest BCUT2D eigenvalue weighted by molar-refractivity contribution is -0.384. The van der Waals surface area contributed by atoms with E-state index in [9.17, 15) is 19.7 Å². The van der Waals surface area contributed by atoms with E-state index in [1.54, 1.807) is 6.07 Å². The van der Waals surface area contributed by atoms with Gasteiger partial charge in [-0.1, -0.05) is 37.0 Å². The molecule has 31 heavy (non-hydrogen) atoms. The van der Waals surface area contributed by atoms with Crippen molar-refractivity contribution in [1.82, 2.24) is 0 Å². The van der Waals surface area contributed by atoms with E-state index in [4.69, 9.17) is 27.9 Å². The molecule has 2 atom stereocenters. The van der Waals surface area contributed by atoms with Crippen LogP contribution in [0.3, 0.4) is 0 Å². The molecule has 0 amide bonds. The third-order valence-corrected chi connectivity index (χ3v) is 5.75. The molecule has 1 heterocycles. The van der Waals surface area contributed by atoms with Gasteiger partial charge in [0.05, 0.1) is 15.5 Å². The number of carbonyl (C=O) groups is 2. The number of benzene rings is 2. The summed E-state index contributed by atoms with van der Waals surface area (Å²) in [5.74, 6) is -0.528. The van der Waals surface area contributed by atoms with Crippen molar-refractivity contribution in [2.24, 2.45) is 11.8 Å². The maximum Gasteiger partial charge on any atom is 0.338 e. The van der Waals surface area contributed by atoms with Crippen LogP contribution in [0.15, 0.2) is 36.4 Å². The molecule has 0 spiro atoms. The van der Waals surface area contributed by atoms with Gasteiger partial charge in [-0.3, -0.25) is 14.9 Å². The fourth-order valence-corrected chi connectivity index (χ4v) is 4.32. The molecule has 7 nitrogen and oxygen atoms in total. The number of esters is 1. The van der Waals surface area contributed by atoms with Crippen LogP contribution in [0.2, 0.25) is 10.0 Å². The van der Waals surface area contributed by atoms with Gasteiger partial charge in [-0.15, -0.1) is 0 Å². The summed E-state index contributed by atoms with van der Waals surface area (Å²) >= 11 is 11.9. The number of piperidine rings is 1. The molecule has 2 aromatic rings. The van der Waals surface area contributed by atoms with Crippen LogP contribution in [-0.4, -0.2) is 36.4 Å². The van der Waals surface area contributed by atoms with E-state index >= 15 is 0 Å². The van der Waals surface area contributed by atoms with Gasteiger partial charge < -0.3 is 9.64 Å². The van der Waals surface area contributed by atoms with Crippen molar-refractivity contribution in [3.8, 4) is 0 Å². The molecule has 1 saturated heterocycles. The molecule has 2 unspecified atom stereocenters. The summed E-state index contributed by atoms with van der Waals surface area (Å²) in [4.78, 5) is 37.9. The highest BCUT2D eigenvalue weighted by Crippen LogP contribution is 2.34. The van der Waals surface area contributed by atoms with Gasteiger partial charge in [0, 0.05) is 29.7 Å². The van der Waals surface area contributed by atoms with Crippen molar-refractivity contribution in [2.45, 2.75) is 20.3 Å². The van der Waals surface area contributed by atoms with Crippen LogP contribution < -0.4 is 4.90 Å². The molecule has 0 aromatic heterocycles. The SMILES string of the molecule is CC1CC(C)CN(c2ccc(C(=O)OCC(=O)c3cc(Cl)ccc3Cl)cc2[N+](=O)[O-])C1. The van der Waals surface area contributed by atoms with Gasteiger partial charge in [-0.05, 0) is 48.6 Å². The summed E-state index contributed by atoms with van der Waals surface area (Å²) in [5.41, 5.74) is 0.442. The largest absolute Gasteiger partial charge is 0.454 e. The molecule has 0 bridgehead atoms. The average molecular weight is 465 g/mol. The maximum atomic E-state index is 12.4. The van der Waals surface area contributed by atoms with Crippen LogP contribution in [0, 0.1) is 22.0 Å². The number of rotatable bonds is 6. The van der Waals surface area contributed by atoms with Crippen molar-refractivity contribution in [3.05, 3.63) is 67.7 Å². The Kier molecular flexibility index (Phi) is 7.18. The zero-order chi connectivity index (χ0) is 22.7. The number of ether oxygens (including phenoxy) is 1. The number of carbonyl (C=O) groups excluding carboxylic acids is 2. The third kappa shape index (κ3) is 5.54. The highest BCUT2D eigenvalue weighted by atomic mass is 35.5. The first-order chi connectivity index (χ1) is 14.7. The van der Waals surface area contributed by atoms with Gasteiger partial charge in [-0.25, -0.2) is 4.79 Å². The standard InChI is InChI=1S/C22H22Cl2N2O5/c1-13-7-14(2)11-25(10-13)19-6-3-15(8-20(19)26(29)30)22(28)31-12-21(27)17-9-16(23)4-5-18(17)24/h3-6,8-9,13-14H,7,10-12H2,1-2H3. The Morgan fingerprint density at radius 2 is 1.81 bits per heavy atom. The second kappa shape index (κ2) is 9.66. The Labute approximate surface area is 190 Å². The molecule has 0 N–H and O–H groups in total. The zero-order valence-corrected chi connectivity index (χ0v) is 18.7. The number of nitrogens with zero attached hydrogens (tertiary/aromatic N) is 2. The van der Waals surface area contributed by atoms with E-state index in [0.29, 0.717) is 35.6 Å². The van der Waals surface area contributed by atoms with Crippen LogP contribution in [0.5, 0.6) is 0 Å². The molecule has 0 saturated carbocycles. The van der Waals surface area contributed by atoms with Gasteiger partial charge in [0.2, 0.25) is 5.78 Å². The van der Waals surface area contributed by atoms with E-state index < -0.39 is 23.3 Å². The number of nitro benzene ring substituents is 1. The van der Waals surface area contributed by atoms with E-state index in [1.807, 2.05) is 4.90 Å². The quantitative estimate of drug-likeness (QED) is 0.245. The van der Waals surface area contributed by atoms with Crippen molar-refractivity contribution in [2.75, 3.05) is 24.6 Å². The summed E-state index contributed by atoms with van der Waals surface area (Å²) in [6, 6.07) is 8.64. The Bertz CT molecular complexity index is 1020. The first-order valence-electron chi connectivity index (χ1n) is 9.84. The molecule has 0 radical (unpaired) electrons. The van der Waals surface area contributed by atoms with Gasteiger partial charge in [0.15, 0.2) is 6.61 Å². The molecular weight excluding hydrogens is 443 g/mol. The number of hydrogen-bond donors (Lipinski definition) is 0. The van der Waals surface area contributed by atoms with Crippen LogP contribution in [0.4, 0.5) is 11.4 Å². The minimum atomic E-state index is -0.832. The lowest BCUT2D eigenvalue weighted by Crippen LogP contribution is -2.39. The first kappa shape index (κ1) is 23.0. The van der Waals surface area contributed by atoms with Crippen molar-refractivity contribution in [1.29, 1.82) is 0 Å². The molecule has 2 aromatic carbocycles. The molecule has 0 aliphatic carbocycles. The van der Waals surface area contributed by atoms with Crippen LogP contribution in [-0.2, 0) is 4.74 Å². The first-order valence-corrected chi connectivity index (χ1v) is 10.6. The monoisotopic (exact) mass is 464 g/mol. The second-order valence-electron chi connectivity index (χ2n) is 7.94. The number of halogens is 2. The van der Waals surface area contributed by atoms with E-state index in [2.05, 4.69) is 13.8 Å². The number of Topliss-reactive ketones (excluding diaryl/α,β-unsaturated/α-hetero) is 1. The lowest BCUT2D eigenvalue weighted by atomic mass is 9.91. The molecule has 1 fully saturated rings. The van der Waals surface area contributed by atoms with Gasteiger partial charge in [0.1, 0.15) is 5.69 Å². The summed E-state index contributed by atoms with van der Waals surface area (Å²) < 4.78 is 5.07. The molecule has 3 rings (SSSR count). The van der Waals surface area contributed by atoms with Crippen LogP contribution >= 0.6 is 23.2 Å². The van der Waals surface area contributed by atoms with Crippen LogP contribution in [0.25, 0.3) is 0 Å². The molecule has 1 aliphatic heterocycles. The normalized spacial score (nSPS) is 18.5. The fourth-order valence-electron chi connectivity index (χ4n) is 3.93. The van der Waals surface area contributed by atoms with Crippen LogP contribution in [0.1, 0.15) is 41.0 Å². The van der Waals surface area contributed by atoms with E-state index in [0.717, 1.165) is 6.42 Å². The van der Waals surface area contributed by atoms with Gasteiger partial charge in [-0.2, -0.15) is 0 Å². The predicted molar refractivity (Wildman–Crippen MR) is 119 cm³/mol. The lowest BCUT2D eigenvalue weighted by Gasteiger charge is -2.36. The van der Waals surface area contributed by atoms with Crippen molar-refractivity contribution < 1.29 is 19.2 Å². The maximum absolute atomic E-state index is 12.4. The smallest absolute Gasteiger partial charge is 0.338 e. The predicted octanol–water partition coefficient (Wildman–Crippen LogP) is 5.42. The highest BCUT2D eigenvalue weighted by molar-refractivity contribution is 6.36. The Morgan fingerprint density at radius 1 is 1.13 bits per heavy atom. The van der Waals surface area contributed by atoms with E-state index in [1.165, 1.54) is 30.3 Å². The summed E-state index contributed by atoms with van der Waals surface area (Å²) in [6.45, 7) is 5.09. The Balaban J connectivity index is 1.75. The van der Waals surface area contributed by atoms with E-state index in [-0.39, 0.29) is 21.8 Å². The summed E-state index contributed by atoms with van der Waals surface area (Å²) in [5, 5.41) is 12.2. The number of hydrogen-bond acceptors (Lipinski definition) is 6. The number of nitro groups is 1. The number of anilines is 1. The highest BCUT2D eigenvalue weighted by Gasteiger charge is 2.28. The Hall–Kier alpha value is -2.64. The molecular formula is C22H22Cl2N2O5. The second-order valence-corrected chi connectivity index (χ2v) is 8.78.